The fourth-order valence-corrected chi connectivity index (χ4v) is 3.90. The Bertz CT molecular complexity index is 1440. The third kappa shape index (κ3) is 5.22. The molecule has 4 rings (SSSR count). The van der Waals surface area contributed by atoms with Gasteiger partial charge in [0.2, 0.25) is 5.75 Å². The van der Waals surface area contributed by atoms with Gasteiger partial charge in [-0.15, -0.1) is 0 Å². The molecule has 0 aliphatic carbocycles. The molecule has 1 aromatic carbocycles. The van der Waals surface area contributed by atoms with Crippen LogP contribution < -0.4 is 4.74 Å². The Kier molecular flexibility index (Phi) is 6.80. The molecule has 0 saturated heterocycles. The van der Waals surface area contributed by atoms with Crippen LogP contribution in [0.5, 0.6) is 5.75 Å². The van der Waals surface area contributed by atoms with Crippen LogP contribution in [0.4, 0.5) is 23.4 Å². The number of rotatable bonds is 7. The van der Waals surface area contributed by atoms with Crippen LogP contribution in [0, 0.1) is 15.9 Å². The fourth-order valence-electron chi connectivity index (χ4n) is 3.59. The van der Waals surface area contributed by atoms with Crippen molar-refractivity contribution in [2.75, 3.05) is 0 Å². The largest absolute Gasteiger partial charge is 0.478 e. The number of hydrogen-bond donors (Lipinski definition) is 0. The number of aryl methyl sites for hydroxylation is 1. The van der Waals surface area contributed by atoms with E-state index < -0.39 is 34.5 Å². The summed E-state index contributed by atoms with van der Waals surface area (Å²) in [4.78, 5) is 14.4. The van der Waals surface area contributed by atoms with Gasteiger partial charge in [0.25, 0.3) is 0 Å². The van der Waals surface area contributed by atoms with Crippen LogP contribution in [0.15, 0.2) is 53.3 Å². The van der Waals surface area contributed by atoms with Crippen molar-refractivity contribution in [3.05, 3.63) is 91.8 Å². The minimum absolute atomic E-state index is 0.0483. The van der Waals surface area contributed by atoms with E-state index in [1.165, 1.54) is 36.1 Å². The summed E-state index contributed by atoms with van der Waals surface area (Å²) in [6.45, 7) is 1.48. The molecule has 9 nitrogen and oxygen atoms in total. The number of aromatic nitrogens is 5. The molecule has 0 unspecified atom stereocenters. The smallest absolute Gasteiger partial charge is 0.435 e. The van der Waals surface area contributed by atoms with Gasteiger partial charge in [-0.3, -0.25) is 4.68 Å². The molecule has 14 heteroatoms. The second kappa shape index (κ2) is 9.68. The maximum absolute atomic E-state index is 14.3. The lowest BCUT2D eigenvalue weighted by molar-refractivity contribution is -0.390. The number of hydrogen-bond acceptors (Lipinski definition) is 6. The summed E-state index contributed by atoms with van der Waals surface area (Å²) in [7, 11) is 1.65. The highest BCUT2D eigenvalue weighted by Crippen LogP contribution is 2.35. The molecule has 0 aliphatic rings. The number of halogens is 5. The van der Waals surface area contributed by atoms with Gasteiger partial charge in [-0.05, 0) is 63.1 Å². The maximum atomic E-state index is 14.3. The lowest BCUT2D eigenvalue weighted by Gasteiger charge is -2.19. The predicted molar refractivity (Wildman–Crippen MR) is 122 cm³/mol. The van der Waals surface area contributed by atoms with E-state index in [4.69, 9.17) is 4.74 Å². The molecule has 0 saturated carbocycles. The van der Waals surface area contributed by atoms with Crippen LogP contribution in [0.25, 0.3) is 5.69 Å². The van der Waals surface area contributed by atoms with Gasteiger partial charge in [-0.2, -0.15) is 23.4 Å². The minimum Gasteiger partial charge on any atom is -0.478 e. The molecule has 188 valence electrons. The van der Waals surface area contributed by atoms with E-state index >= 15 is 0 Å². The van der Waals surface area contributed by atoms with Gasteiger partial charge < -0.3 is 14.9 Å². The monoisotopic (exact) mass is 568 g/mol. The molecular weight excluding hydrogens is 552 g/mol. The lowest BCUT2D eigenvalue weighted by atomic mass is 10.1. The number of nitrogens with zero attached hydrogens (tertiary/aromatic N) is 6. The van der Waals surface area contributed by atoms with Crippen LogP contribution >= 0.6 is 15.9 Å². The Hall–Kier alpha value is -3.81. The van der Waals surface area contributed by atoms with Crippen molar-refractivity contribution in [3.63, 3.8) is 0 Å². The van der Waals surface area contributed by atoms with Crippen molar-refractivity contribution < 1.29 is 27.2 Å². The second-order valence-corrected chi connectivity index (χ2v) is 8.66. The van der Waals surface area contributed by atoms with Crippen molar-refractivity contribution in [1.82, 2.24) is 24.5 Å². The summed E-state index contributed by atoms with van der Waals surface area (Å²) < 4.78 is 63.7. The van der Waals surface area contributed by atoms with Crippen LogP contribution in [-0.2, 0) is 19.6 Å². The van der Waals surface area contributed by atoms with Crippen LogP contribution in [0.3, 0.4) is 0 Å². The summed E-state index contributed by atoms with van der Waals surface area (Å²) in [6, 6.07) is 7.33. The molecule has 3 heterocycles. The molecule has 4 aromatic rings. The highest BCUT2D eigenvalue weighted by Gasteiger charge is 2.35. The summed E-state index contributed by atoms with van der Waals surface area (Å²) in [5.74, 6) is -1.45. The fraction of sp³-hybridized carbons (Fsp3) is 0.227. The normalized spacial score (nSPS) is 12.5. The van der Waals surface area contributed by atoms with E-state index in [2.05, 4.69) is 31.1 Å². The summed E-state index contributed by atoms with van der Waals surface area (Å²) >= 11 is 3.17. The Balaban J connectivity index is 1.81. The second-order valence-electron chi connectivity index (χ2n) is 7.75. The van der Waals surface area contributed by atoms with Crippen molar-refractivity contribution in [3.8, 4) is 11.4 Å². The molecule has 36 heavy (non-hydrogen) atoms. The Morgan fingerprint density at radius 1 is 1.19 bits per heavy atom. The quantitative estimate of drug-likeness (QED) is 0.164. The van der Waals surface area contributed by atoms with Crippen LogP contribution in [-0.4, -0.2) is 29.5 Å². The van der Waals surface area contributed by atoms with Crippen molar-refractivity contribution in [2.45, 2.75) is 25.6 Å². The zero-order valence-electron chi connectivity index (χ0n) is 18.7. The molecule has 0 amide bonds. The van der Waals surface area contributed by atoms with Crippen molar-refractivity contribution in [2.24, 2.45) is 7.05 Å². The van der Waals surface area contributed by atoms with E-state index in [-0.39, 0.29) is 29.1 Å². The van der Waals surface area contributed by atoms with Crippen molar-refractivity contribution in [1.29, 1.82) is 0 Å². The maximum Gasteiger partial charge on any atom is 0.435 e. The first-order valence-electron chi connectivity index (χ1n) is 10.3. The molecule has 0 spiro atoms. The predicted octanol–water partition coefficient (Wildman–Crippen LogP) is 5.56. The number of pyridine rings is 1. The minimum atomic E-state index is -4.72. The number of alkyl halides is 3. The third-order valence-electron chi connectivity index (χ3n) is 5.29. The van der Waals surface area contributed by atoms with E-state index in [9.17, 15) is 27.7 Å². The van der Waals surface area contributed by atoms with Crippen molar-refractivity contribution >= 4 is 21.7 Å². The highest BCUT2D eigenvalue weighted by molar-refractivity contribution is 9.10. The van der Waals surface area contributed by atoms with E-state index in [0.29, 0.717) is 10.2 Å². The molecule has 0 fully saturated rings. The zero-order chi connectivity index (χ0) is 26.2. The first-order valence-corrected chi connectivity index (χ1v) is 11.1. The molecule has 3 aromatic heterocycles. The molecule has 0 bridgehead atoms. The van der Waals surface area contributed by atoms with Gasteiger partial charge in [0, 0.05) is 37.0 Å². The Morgan fingerprint density at radius 3 is 2.58 bits per heavy atom. The molecule has 0 radical (unpaired) electrons. The van der Waals surface area contributed by atoms with Gasteiger partial charge in [-0.25, -0.2) is 9.07 Å². The standard InChI is InChI=1S/C22H17BrF4N6O3/c1-12(36-19-7-13(23)11-28-21(19)33(34)35)17-8-14(24)3-4-18(17)32-16(9-15-5-6-29-31(15)2)10-20(30-32)22(25,26)27/h3-8,10-12H,9H2,1-2H3/t12-/m1/s1. The summed E-state index contributed by atoms with van der Waals surface area (Å²) in [5.41, 5.74) is -0.111. The average molecular weight is 569 g/mol. The number of ether oxygens (including phenoxy) is 1. The van der Waals surface area contributed by atoms with Gasteiger partial charge in [-0.1, -0.05) is 0 Å². The molecule has 1 atom stereocenters. The summed E-state index contributed by atoms with van der Waals surface area (Å²) in [5, 5.41) is 19.2. The zero-order valence-corrected chi connectivity index (χ0v) is 20.3. The van der Waals surface area contributed by atoms with Gasteiger partial charge in [0.05, 0.1) is 15.9 Å². The molecule has 0 aliphatic heterocycles. The van der Waals surface area contributed by atoms with Crippen LogP contribution in [0.2, 0.25) is 0 Å². The average Bonchev–Trinajstić information content (AvgIpc) is 3.40. The van der Waals surface area contributed by atoms with E-state index in [1.54, 1.807) is 13.1 Å². The number of benzene rings is 1. The molecule has 0 N–H and O–H groups in total. The van der Waals surface area contributed by atoms with E-state index in [0.717, 1.165) is 22.9 Å². The Labute approximate surface area is 209 Å². The highest BCUT2D eigenvalue weighted by atomic mass is 79.9. The molecular formula is C22H17BrF4N6O3. The first kappa shape index (κ1) is 25.3. The third-order valence-corrected chi connectivity index (χ3v) is 5.72. The SMILES string of the molecule is C[C@@H](Oc1cc(Br)cnc1[N+](=O)[O-])c1cc(F)ccc1-n1nc(C(F)(F)F)cc1Cc1ccnn1C. The Morgan fingerprint density at radius 2 is 1.94 bits per heavy atom. The summed E-state index contributed by atoms with van der Waals surface area (Å²) in [6.07, 6.45) is -2.98. The lowest BCUT2D eigenvalue weighted by Crippen LogP contribution is -2.14. The topological polar surface area (TPSA) is 101 Å². The first-order chi connectivity index (χ1) is 16.9. The van der Waals surface area contributed by atoms with Gasteiger partial charge >= 0.3 is 12.0 Å². The van der Waals surface area contributed by atoms with Gasteiger partial charge in [0.1, 0.15) is 11.9 Å². The van der Waals surface area contributed by atoms with Gasteiger partial charge in [0.15, 0.2) is 11.9 Å². The number of nitro groups is 1. The van der Waals surface area contributed by atoms with Crippen LogP contribution in [0.1, 0.15) is 35.7 Å². The van der Waals surface area contributed by atoms with E-state index in [1.807, 2.05) is 0 Å².